The second kappa shape index (κ2) is 9.58. The van der Waals surface area contributed by atoms with Gasteiger partial charge in [-0.25, -0.2) is 19.8 Å². The molecule has 3 aromatic carbocycles. The number of carbonyl (C=O) groups is 1. The van der Waals surface area contributed by atoms with Gasteiger partial charge >= 0.3 is 5.97 Å². The third-order valence-electron chi connectivity index (χ3n) is 6.06. The quantitative estimate of drug-likeness (QED) is 0.288. The van der Waals surface area contributed by atoms with E-state index in [0.29, 0.717) is 29.6 Å². The van der Waals surface area contributed by atoms with E-state index in [9.17, 15) is 4.79 Å². The lowest BCUT2D eigenvalue weighted by Crippen LogP contribution is -2.07. The molecule has 182 valence electrons. The van der Waals surface area contributed by atoms with Crippen molar-refractivity contribution in [1.29, 1.82) is 0 Å². The van der Waals surface area contributed by atoms with E-state index in [-0.39, 0.29) is 12.5 Å². The summed E-state index contributed by atoms with van der Waals surface area (Å²) in [6, 6.07) is 25.6. The molecular formula is C29H22N4O4. The van der Waals surface area contributed by atoms with E-state index in [1.807, 2.05) is 78.9 Å². The molecule has 0 amide bonds. The van der Waals surface area contributed by atoms with Crippen LogP contribution < -0.4 is 10.1 Å². The van der Waals surface area contributed by atoms with E-state index in [1.165, 1.54) is 6.33 Å². The number of ether oxygens (including phenoxy) is 2. The van der Waals surface area contributed by atoms with E-state index in [0.717, 1.165) is 39.1 Å². The molecular weight excluding hydrogens is 468 g/mol. The molecule has 0 saturated heterocycles. The van der Waals surface area contributed by atoms with Gasteiger partial charge in [-0.2, -0.15) is 0 Å². The Kier molecular flexibility index (Phi) is 5.82. The first-order chi connectivity index (χ1) is 18.2. The number of furan rings is 1. The minimum Gasteiger partial charge on any atom is -0.497 e. The summed E-state index contributed by atoms with van der Waals surface area (Å²) in [4.78, 5) is 24.5. The monoisotopic (exact) mass is 490 g/mol. The topological polar surface area (TPSA) is 98.8 Å². The normalized spacial score (nSPS) is 12.9. The van der Waals surface area contributed by atoms with Crippen molar-refractivity contribution in [3.63, 3.8) is 0 Å². The Morgan fingerprint density at radius 2 is 1.78 bits per heavy atom. The molecule has 5 aromatic rings. The van der Waals surface area contributed by atoms with Gasteiger partial charge in [-0.1, -0.05) is 54.6 Å². The largest absolute Gasteiger partial charge is 0.497 e. The van der Waals surface area contributed by atoms with Crippen LogP contribution in [0.15, 0.2) is 94.6 Å². The first-order valence-electron chi connectivity index (χ1n) is 11.8. The first kappa shape index (κ1) is 22.5. The molecule has 1 aliphatic heterocycles. The smallest absolute Gasteiger partial charge is 0.334 e. The molecule has 3 heterocycles. The van der Waals surface area contributed by atoms with E-state index in [1.54, 1.807) is 7.11 Å². The number of methoxy groups -OCH3 is 1. The third kappa shape index (κ3) is 4.52. The van der Waals surface area contributed by atoms with Gasteiger partial charge in [0.05, 0.1) is 12.5 Å². The van der Waals surface area contributed by atoms with Crippen LogP contribution in [0.5, 0.6) is 5.75 Å². The van der Waals surface area contributed by atoms with Crippen molar-refractivity contribution in [1.82, 2.24) is 9.97 Å². The highest BCUT2D eigenvalue weighted by atomic mass is 16.6. The number of fused-ring (bicyclic) bond motifs is 1. The second-order valence-corrected chi connectivity index (χ2v) is 8.49. The number of esters is 1. The van der Waals surface area contributed by atoms with Crippen molar-refractivity contribution in [3.05, 3.63) is 90.8 Å². The van der Waals surface area contributed by atoms with E-state index < -0.39 is 0 Å². The average Bonchev–Trinajstić information content (AvgIpc) is 3.53. The van der Waals surface area contributed by atoms with E-state index in [4.69, 9.17) is 13.9 Å². The number of benzene rings is 3. The zero-order valence-electron chi connectivity index (χ0n) is 20.0. The maximum Gasteiger partial charge on any atom is 0.334 e. The van der Waals surface area contributed by atoms with Crippen LogP contribution in [-0.4, -0.2) is 35.5 Å². The Labute approximate surface area is 212 Å². The van der Waals surface area contributed by atoms with Gasteiger partial charge in [-0.05, 0) is 35.4 Å². The summed E-state index contributed by atoms with van der Waals surface area (Å²) in [6.45, 7) is 0.0740. The summed E-state index contributed by atoms with van der Waals surface area (Å²) in [6.07, 6.45) is 1.92. The number of hydrogen-bond donors (Lipinski definition) is 1. The minimum atomic E-state index is -0.326. The minimum absolute atomic E-state index is 0.0740. The van der Waals surface area contributed by atoms with Crippen molar-refractivity contribution >= 4 is 34.5 Å². The summed E-state index contributed by atoms with van der Waals surface area (Å²) in [7, 11) is 1.64. The predicted molar refractivity (Wildman–Crippen MR) is 141 cm³/mol. The fourth-order valence-corrected chi connectivity index (χ4v) is 4.37. The Morgan fingerprint density at radius 3 is 2.54 bits per heavy atom. The second-order valence-electron chi connectivity index (χ2n) is 8.49. The summed E-state index contributed by atoms with van der Waals surface area (Å²) >= 11 is 0. The highest BCUT2D eigenvalue weighted by molar-refractivity contribution is 6.06. The van der Waals surface area contributed by atoms with Crippen LogP contribution in [0, 0.1) is 0 Å². The maximum absolute atomic E-state index is 11.4. The van der Waals surface area contributed by atoms with Crippen molar-refractivity contribution in [2.45, 2.75) is 6.42 Å². The number of hydrogen-bond acceptors (Lipinski definition) is 8. The number of nitrogens with zero attached hydrogens (tertiary/aromatic N) is 3. The predicted octanol–water partition coefficient (Wildman–Crippen LogP) is 5.81. The molecule has 0 saturated carbocycles. The summed E-state index contributed by atoms with van der Waals surface area (Å²) in [5.74, 6) is 2.19. The summed E-state index contributed by atoms with van der Waals surface area (Å²) < 4.78 is 16.8. The van der Waals surface area contributed by atoms with Gasteiger partial charge in [0, 0.05) is 23.2 Å². The lowest BCUT2D eigenvalue weighted by Gasteiger charge is -2.10. The molecule has 0 radical (unpaired) electrons. The first-order valence-corrected chi connectivity index (χ1v) is 11.8. The van der Waals surface area contributed by atoms with Crippen LogP contribution in [0.3, 0.4) is 0 Å². The van der Waals surface area contributed by atoms with Crippen molar-refractivity contribution in [2.24, 2.45) is 4.99 Å². The number of aliphatic imine (C=N–C) groups is 1. The number of nitrogens with one attached hydrogen (secondary N) is 1. The lowest BCUT2D eigenvalue weighted by molar-refractivity contribution is -0.132. The number of carbonyl (C=O) groups excluding carboxylic acids is 1. The SMILES string of the molecule is COc1ccc(-c2c(-c3ccccc3)oc3ncnc(Nc4cccc(CC5=NCC(=O)O5)c4)c23)cc1. The highest BCUT2D eigenvalue weighted by Crippen LogP contribution is 2.43. The number of cyclic esters (lactones) is 1. The van der Waals surface area contributed by atoms with Crippen molar-refractivity contribution < 1.29 is 18.7 Å². The van der Waals surface area contributed by atoms with E-state index >= 15 is 0 Å². The molecule has 1 aliphatic rings. The molecule has 1 N–H and O–H groups in total. The zero-order chi connectivity index (χ0) is 25.2. The van der Waals surface area contributed by atoms with Gasteiger partial charge in [0.1, 0.15) is 30.2 Å². The number of aromatic nitrogens is 2. The fraction of sp³-hybridized carbons (Fsp3) is 0.103. The molecule has 0 atom stereocenters. The standard InChI is InChI=1S/C29H22N4O4/c1-35-22-12-10-19(11-13-22)25-26-28(31-17-32-29(26)37-27(25)20-7-3-2-4-8-20)33-21-9-5-6-18(14-21)15-23-30-16-24(34)36-23/h2-14,17H,15-16H2,1H3,(H,31,32,33). The third-order valence-corrected chi connectivity index (χ3v) is 6.06. The van der Waals surface area contributed by atoms with Gasteiger partial charge in [0.15, 0.2) is 5.90 Å². The Morgan fingerprint density at radius 1 is 0.946 bits per heavy atom. The van der Waals surface area contributed by atoms with Gasteiger partial charge in [-0.3, -0.25) is 0 Å². The molecule has 6 rings (SSSR count). The van der Waals surface area contributed by atoms with Crippen LogP contribution in [0.1, 0.15) is 5.56 Å². The molecule has 8 heteroatoms. The fourth-order valence-electron chi connectivity index (χ4n) is 4.37. The molecule has 0 spiro atoms. The van der Waals surface area contributed by atoms with Crippen LogP contribution in [0.4, 0.5) is 11.5 Å². The molecule has 0 unspecified atom stereocenters. The van der Waals surface area contributed by atoms with Crippen LogP contribution in [0.25, 0.3) is 33.6 Å². The average molecular weight is 491 g/mol. The molecule has 37 heavy (non-hydrogen) atoms. The van der Waals surface area contributed by atoms with Crippen molar-refractivity contribution in [2.75, 3.05) is 19.0 Å². The molecule has 8 nitrogen and oxygen atoms in total. The number of rotatable bonds is 7. The van der Waals surface area contributed by atoms with E-state index in [2.05, 4.69) is 20.3 Å². The Balaban J connectivity index is 1.44. The molecule has 0 fully saturated rings. The van der Waals surface area contributed by atoms with Gasteiger partial charge < -0.3 is 19.2 Å². The van der Waals surface area contributed by atoms with Crippen LogP contribution in [-0.2, 0) is 16.0 Å². The van der Waals surface area contributed by atoms with Gasteiger partial charge in [-0.15, -0.1) is 0 Å². The van der Waals surface area contributed by atoms with Crippen LogP contribution in [0.2, 0.25) is 0 Å². The van der Waals surface area contributed by atoms with Gasteiger partial charge in [0.25, 0.3) is 0 Å². The highest BCUT2D eigenvalue weighted by Gasteiger charge is 2.22. The zero-order valence-corrected chi connectivity index (χ0v) is 20.0. The summed E-state index contributed by atoms with van der Waals surface area (Å²) in [5.41, 5.74) is 5.03. The maximum atomic E-state index is 11.4. The molecule has 2 aromatic heterocycles. The number of anilines is 2. The Hall–Kier alpha value is -4.98. The van der Waals surface area contributed by atoms with Crippen molar-refractivity contribution in [3.8, 4) is 28.2 Å². The molecule has 0 bridgehead atoms. The van der Waals surface area contributed by atoms with Crippen LogP contribution >= 0.6 is 0 Å². The lowest BCUT2D eigenvalue weighted by atomic mass is 9.99. The van der Waals surface area contributed by atoms with Gasteiger partial charge in [0.2, 0.25) is 5.71 Å². The molecule has 0 aliphatic carbocycles. The summed E-state index contributed by atoms with van der Waals surface area (Å²) in [5, 5.41) is 4.20. The Bertz CT molecular complexity index is 1630.